The largest absolute Gasteiger partial charge is 0.495 e. The van der Waals surface area contributed by atoms with E-state index in [2.05, 4.69) is 65.2 Å². The van der Waals surface area contributed by atoms with Crippen LogP contribution in [0.2, 0.25) is 0 Å². The average molecular weight is 348 g/mol. The molecule has 1 fully saturated rings. The summed E-state index contributed by atoms with van der Waals surface area (Å²) in [5, 5.41) is 0. The minimum Gasteiger partial charge on any atom is -0.495 e. The number of ether oxygens (including phenoxy) is 2. The van der Waals surface area contributed by atoms with Gasteiger partial charge >= 0.3 is 0 Å². The SMILES string of the molecule is COc1ccccc1-n1ccc(C2OCCN2Cc2ccc(C)cc2)c1. The molecule has 1 aliphatic heterocycles. The quantitative estimate of drug-likeness (QED) is 0.687. The van der Waals surface area contributed by atoms with Crippen LogP contribution >= 0.6 is 0 Å². The maximum absolute atomic E-state index is 6.03. The summed E-state index contributed by atoms with van der Waals surface area (Å²) < 4.78 is 13.6. The fourth-order valence-electron chi connectivity index (χ4n) is 3.45. The van der Waals surface area contributed by atoms with Crippen LogP contribution in [0.25, 0.3) is 5.69 Å². The van der Waals surface area contributed by atoms with E-state index in [4.69, 9.17) is 9.47 Å². The van der Waals surface area contributed by atoms with Gasteiger partial charge in [0.1, 0.15) is 12.0 Å². The van der Waals surface area contributed by atoms with Crippen molar-refractivity contribution in [2.75, 3.05) is 20.3 Å². The summed E-state index contributed by atoms with van der Waals surface area (Å²) in [7, 11) is 1.70. The van der Waals surface area contributed by atoms with Crippen molar-refractivity contribution in [2.45, 2.75) is 19.7 Å². The second-order valence-electron chi connectivity index (χ2n) is 6.70. The van der Waals surface area contributed by atoms with E-state index < -0.39 is 0 Å². The standard InChI is InChI=1S/C22H24N2O2/c1-17-7-9-18(10-8-17)15-24-13-14-26-22(24)19-11-12-23(16-19)20-5-3-4-6-21(20)25-2/h3-12,16,22H,13-15H2,1-2H3. The fourth-order valence-corrected chi connectivity index (χ4v) is 3.45. The maximum atomic E-state index is 6.03. The van der Waals surface area contributed by atoms with E-state index in [1.54, 1.807) is 7.11 Å². The van der Waals surface area contributed by atoms with E-state index >= 15 is 0 Å². The normalized spacial score (nSPS) is 17.5. The lowest BCUT2D eigenvalue weighted by Gasteiger charge is -2.22. The molecule has 0 saturated carbocycles. The molecule has 1 atom stereocenters. The molecule has 134 valence electrons. The third-order valence-electron chi connectivity index (χ3n) is 4.86. The van der Waals surface area contributed by atoms with Gasteiger partial charge in [0.15, 0.2) is 0 Å². The highest BCUT2D eigenvalue weighted by Gasteiger charge is 2.27. The van der Waals surface area contributed by atoms with E-state index in [0.717, 1.165) is 31.1 Å². The summed E-state index contributed by atoms with van der Waals surface area (Å²) in [4.78, 5) is 2.38. The van der Waals surface area contributed by atoms with Crippen LogP contribution in [0.15, 0.2) is 67.0 Å². The number of methoxy groups -OCH3 is 1. The topological polar surface area (TPSA) is 26.6 Å². The zero-order chi connectivity index (χ0) is 17.9. The van der Waals surface area contributed by atoms with Gasteiger partial charge in [0, 0.05) is 31.0 Å². The molecule has 2 heterocycles. The van der Waals surface area contributed by atoms with Crippen LogP contribution in [-0.4, -0.2) is 29.7 Å². The van der Waals surface area contributed by atoms with Crippen LogP contribution in [0.1, 0.15) is 22.9 Å². The van der Waals surface area contributed by atoms with Gasteiger partial charge in [-0.1, -0.05) is 42.0 Å². The first-order valence-electron chi connectivity index (χ1n) is 8.97. The summed E-state index contributed by atoms with van der Waals surface area (Å²) in [5.41, 5.74) is 4.80. The third-order valence-corrected chi connectivity index (χ3v) is 4.86. The number of hydrogen-bond donors (Lipinski definition) is 0. The Morgan fingerprint density at radius 3 is 2.69 bits per heavy atom. The van der Waals surface area contributed by atoms with Gasteiger partial charge in [-0.25, -0.2) is 0 Å². The molecule has 4 heteroatoms. The lowest BCUT2D eigenvalue weighted by molar-refractivity contribution is 0.0288. The van der Waals surface area contributed by atoms with Gasteiger partial charge in [-0.05, 0) is 30.7 Å². The van der Waals surface area contributed by atoms with Crippen LogP contribution in [0, 0.1) is 6.92 Å². The highest BCUT2D eigenvalue weighted by atomic mass is 16.5. The van der Waals surface area contributed by atoms with Crippen molar-refractivity contribution in [3.8, 4) is 11.4 Å². The highest BCUT2D eigenvalue weighted by Crippen LogP contribution is 2.31. The Hall–Kier alpha value is -2.56. The van der Waals surface area contributed by atoms with Crippen LogP contribution in [0.3, 0.4) is 0 Å². The number of rotatable bonds is 5. The molecule has 1 unspecified atom stereocenters. The second kappa shape index (κ2) is 7.36. The molecule has 3 aromatic rings. The molecule has 0 N–H and O–H groups in total. The van der Waals surface area contributed by atoms with E-state index in [1.807, 2.05) is 18.2 Å². The molecule has 0 bridgehead atoms. The van der Waals surface area contributed by atoms with Crippen LogP contribution in [-0.2, 0) is 11.3 Å². The minimum atomic E-state index is -0.00717. The van der Waals surface area contributed by atoms with Gasteiger partial charge in [0.25, 0.3) is 0 Å². The van der Waals surface area contributed by atoms with E-state index in [-0.39, 0.29) is 6.23 Å². The van der Waals surface area contributed by atoms with Gasteiger partial charge in [-0.3, -0.25) is 4.90 Å². The Balaban J connectivity index is 1.55. The number of nitrogens with zero attached hydrogens (tertiary/aromatic N) is 2. The van der Waals surface area contributed by atoms with Crippen LogP contribution < -0.4 is 4.74 Å². The zero-order valence-corrected chi connectivity index (χ0v) is 15.3. The lowest BCUT2D eigenvalue weighted by atomic mass is 10.1. The van der Waals surface area contributed by atoms with E-state index in [0.29, 0.717) is 0 Å². The summed E-state index contributed by atoms with van der Waals surface area (Å²) >= 11 is 0. The Bertz CT molecular complexity index is 870. The molecule has 4 rings (SSSR count). The van der Waals surface area contributed by atoms with Gasteiger partial charge in [0.2, 0.25) is 0 Å². The van der Waals surface area contributed by atoms with Gasteiger partial charge < -0.3 is 14.0 Å². The Morgan fingerprint density at radius 2 is 1.88 bits per heavy atom. The molecule has 0 amide bonds. The predicted molar refractivity (Wildman–Crippen MR) is 103 cm³/mol. The van der Waals surface area contributed by atoms with Crippen molar-refractivity contribution in [3.05, 3.63) is 83.7 Å². The van der Waals surface area contributed by atoms with Crippen molar-refractivity contribution in [2.24, 2.45) is 0 Å². The molecule has 26 heavy (non-hydrogen) atoms. The molecule has 0 radical (unpaired) electrons. The molecule has 0 aliphatic carbocycles. The monoisotopic (exact) mass is 348 g/mol. The Morgan fingerprint density at radius 1 is 1.08 bits per heavy atom. The summed E-state index contributed by atoms with van der Waals surface area (Å²) in [6.07, 6.45) is 4.20. The third kappa shape index (κ3) is 3.39. The van der Waals surface area contributed by atoms with Gasteiger partial charge in [-0.15, -0.1) is 0 Å². The highest BCUT2D eigenvalue weighted by molar-refractivity contribution is 5.47. The molecule has 4 nitrogen and oxygen atoms in total. The number of hydrogen-bond acceptors (Lipinski definition) is 3. The van der Waals surface area contributed by atoms with Crippen molar-refractivity contribution in [3.63, 3.8) is 0 Å². The lowest BCUT2D eigenvalue weighted by Crippen LogP contribution is -2.23. The number of aromatic nitrogens is 1. The number of benzene rings is 2. The first-order chi connectivity index (χ1) is 12.7. The molecule has 1 aromatic heterocycles. The van der Waals surface area contributed by atoms with Crippen molar-refractivity contribution in [1.82, 2.24) is 9.47 Å². The summed E-state index contributed by atoms with van der Waals surface area (Å²) in [6.45, 7) is 4.71. The summed E-state index contributed by atoms with van der Waals surface area (Å²) in [5.74, 6) is 0.860. The molecular formula is C22H24N2O2. The van der Waals surface area contributed by atoms with E-state index in [1.165, 1.54) is 16.7 Å². The number of aryl methyl sites for hydroxylation is 1. The van der Waals surface area contributed by atoms with Crippen molar-refractivity contribution >= 4 is 0 Å². The first kappa shape index (κ1) is 16.9. The average Bonchev–Trinajstić information content (AvgIpc) is 3.33. The predicted octanol–water partition coefficient (Wildman–Crippen LogP) is 4.33. The maximum Gasteiger partial charge on any atom is 0.142 e. The molecule has 1 saturated heterocycles. The number of para-hydroxylation sites is 2. The molecule has 1 aliphatic rings. The van der Waals surface area contributed by atoms with Crippen LogP contribution in [0.4, 0.5) is 0 Å². The summed E-state index contributed by atoms with van der Waals surface area (Å²) in [6, 6.07) is 18.9. The second-order valence-corrected chi connectivity index (χ2v) is 6.70. The smallest absolute Gasteiger partial charge is 0.142 e. The van der Waals surface area contributed by atoms with Crippen LogP contribution in [0.5, 0.6) is 5.75 Å². The van der Waals surface area contributed by atoms with Gasteiger partial charge in [0.05, 0.1) is 19.4 Å². The van der Waals surface area contributed by atoms with Crippen molar-refractivity contribution < 1.29 is 9.47 Å². The first-order valence-corrected chi connectivity index (χ1v) is 8.97. The molecule has 0 spiro atoms. The molecular weight excluding hydrogens is 324 g/mol. The van der Waals surface area contributed by atoms with Crippen molar-refractivity contribution in [1.29, 1.82) is 0 Å². The zero-order valence-electron chi connectivity index (χ0n) is 15.3. The Kier molecular flexibility index (Phi) is 4.78. The van der Waals surface area contributed by atoms with E-state index in [9.17, 15) is 0 Å². The Labute approximate surface area is 154 Å². The molecule has 2 aromatic carbocycles. The fraction of sp³-hybridized carbons (Fsp3) is 0.273. The van der Waals surface area contributed by atoms with Gasteiger partial charge in [-0.2, -0.15) is 0 Å². The minimum absolute atomic E-state index is 0.00717.